The van der Waals surface area contributed by atoms with Gasteiger partial charge in [0.2, 0.25) is 0 Å². The van der Waals surface area contributed by atoms with Crippen molar-refractivity contribution < 1.29 is 5.11 Å². The van der Waals surface area contributed by atoms with Crippen LogP contribution in [0.2, 0.25) is 0 Å². The minimum atomic E-state index is -0.263. The SMILES string of the molecule is Cc1ccc(SCC(O)CBr)c(C)c1. The molecule has 78 valence electrons. The normalized spacial score (nSPS) is 12.9. The van der Waals surface area contributed by atoms with Gasteiger partial charge in [-0.3, -0.25) is 0 Å². The topological polar surface area (TPSA) is 20.2 Å². The number of benzene rings is 1. The van der Waals surface area contributed by atoms with E-state index < -0.39 is 0 Å². The Hall–Kier alpha value is 0.01000. The molecule has 3 heteroatoms. The summed E-state index contributed by atoms with van der Waals surface area (Å²) >= 11 is 4.96. The number of aliphatic hydroxyl groups excluding tert-OH is 1. The predicted molar refractivity (Wildman–Crippen MR) is 66.4 cm³/mol. The number of hydrogen-bond acceptors (Lipinski definition) is 2. The predicted octanol–water partition coefficient (Wildman–Crippen LogP) is 3.15. The summed E-state index contributed by atoms with van der Waals surface area (Å²) in [6, 6.07) is 6.40. The van der Waals surface area contributed by atoms with Gasteiger partial charge in [0.05, 0.1) is 6.10 Å². The van der Waals surface area contributed by atoms with Crippen LogP contribution in [0.4, 0.5) is 0 Å². The minimum Gasteiger partial charge on any atom is -0.391 e. The van der Waals surface area contributed by atoms with Gasteiger partial charge in [0, 0.05) is 16.0 Å². The van der Waals surface area contributed by atoms with Crippen LogP contribution in [0.5, 0.6) is 0 Å². The fraction of sp³-hybridized carbons (Fsp3) is 0.455. The Labute approximate surface area is 98.0 Å². The summed E-state index contributed by atoms with van der Waals surface area (Å²) in [5.74, 6) is 0.745. The maximum Gasteiger partial charge on any atom is 0.0730 e. The second kappa shape index (κ2) is 5.79. The van der Waals surface area contributed by atoms with Crippen LogP contribution >= 0.6 is 27.7 Å². The summed E-state index contributed by atoms with van der Waals surface area (Å²) in [5.41, 5.74) is 2.57. The molecule has 14 heavy (non-hydrogen) atoms. The summed E-state index contributed by atoms with van der Waals surface area (Å²) in [6.07, 6.45) is -0.263. The highest BCUT2D eigenvalue weighted by molar-refractivity contribution is 9.09. The minimum absolute atomic E-state index is 0.263. The molecule has 0 fully saturated rings. The zero-order chi connectivity index (χ0) is 10.6. The molecule has 0 aliphatic rings. The zero-order valence-electron chi connectivity index (χ0n) is 8.46. The number of thioether (sulfide) groups is 1. The molecule has 0 saturated carbocycles. The van der Waals surface area contributed by atoms with Crippen molar-refractivity contribution in [3.8, 4) is 0 Å². The molecule has 0 saturated heterocycles. The zero-order valence-corrected chi connectivity index (χ0v) is 10.9. The van der Waals surface area contributed by atoms with Crippen LogP contribution in [-0.4, -0.2) is 22.3 Å². The van der Waals surface area contributed by atoms with Gasteiger partial charge >= 0.3 is 0 Å². The van der Waals surface area contributed by atoms with Gasteiger partial charge in [-0.2, -0.15) is 0 Å². The molecule has 0 spiro atoms. The van der Waals surface area contributed by atoms with Crippen molar-refractivity contribution in [2.45, 2.75) is 24.8 Å². The van der Waals surface area contributed by atoms with E-state index in [1.807, 2.05) is 0 Å². The number of aliphatic hydroxyl groups is 1. The van der Waals surface area contributed by atoms with E-state index in [9.17, 15) is 5.11 Å². The van der Waals surface area contributed by atoms with Gasteiger partial charge in [-0.1, -0.05) is 33.6 Å². The van der Waals surface area contributed by atoms with Crippen molar-refractivity contribution in [2.24, 2.45) is 0 Å². The molecular weight excluding hydrogens is 260 g/mol. The lowest BCUT2D eigenvalue weighted by atomic mass is 10.2. The Morgan fingerprint density at radius 3 is 2.71 bits per heavy atom. The maximum atomic E-state index is 9.40. The molecule has 0 aliphatic carbocycles. The smallest absolute Gasteiger partial charge is 0.0730 e. The average Bonchev–Trinajstić information content (AvgIpc) is 2.16. The fourth-order valence-electron chi connectivity index (χ4n) is 1.19. The fourth-order valence-corrected chi connectivity index (χ4v) is 2.66. The molecule has 0 bridgehead atoms. The highest BCUT2D eigenvalue weighted by atomic mass is 79.9. The van der Waals surface area contributed by atoms with Gasteiger partial charge in [-0.25, -0.2) is 0 Å². The molecule has 1 atom stereocenters. The van der Waals surface area contributed by atoms with Crippen LogP contribution < -0.4 is 0 Å². The van der Waals surface area contributed by atoms with Crippen LogP contribution in [0.1, 0.15) is 11.1 Å². The highest BCUT2D eigenvalue weighted by Gasteiger charge is 2.04. The highest BCUT2D eigenvalue weighted by Crippen LogP contribution is 2.23. The van der Waals surface area contributed by atoms with E-state index in [-0.39, 0.29) is 6.10 Å². The van der Waals surface area contributed by atoms with Gasteiger partial charge in [0.25, 0.3) is 0 Å². The van der Waals surface area contributed by atoms with Crippen LogP contribution in [0, 0.1) is 13.8 Å². The van der Waals surface area contributed by atoms with E-state index in [1.54, 1.807) is 11.8 Å². The molecular formula is C11H15BrOS. The largest absolute Gasteiger partial charge is 0.391 e. The van der Waals surface area contributed by atoms with Crippen molar-refractivity contribution in [3.63, 3.8) is 0 Å². The maximum absolute atomic E-state index is 9.40. The van der Waals surface area contributed by atoms with Crippen LogP contribution in [0.3, 0.4) is 0 Å². The van der Waals surface area contributed by atoms with E-state index in [2.05, 4.69) is 48.0 Å². The number of alkyl halides is 1. The third kappa shape index (κ3) is 3.64. The second-order valence-electron chi connectivity index (χ2n) is 3.39. The van der Waals surface area contributed by atoms with Crippen molar-refractivity contribution in [2.75, 3.05) is 11.1 Å². The lowest BCUT2D eigenvalue weighted by Crippen LogP contribution is -2.10. The summed E-state index contributed by atoms with van der Waals surface area (Å²) in [5, 5.41) is 10.0. The van der Waals surface area contributed by atoms with Crippen molar-refractivity contribution >= 4 is 27.7 Å². The Morgan fingerprint density at radius 2 is 2.14 bits per heavy atom. The molecule has 1 aromatic carbocycles. The van der Waals surface area contributed by atoms with Crippen molar-refractivity contribution in [1.29, 1.82) is 0 Å². The van der Waals surface area contributed by atoms with Gasteiger partial charge in [0.1, 0.15) is 0 Å². The first-order valence-corrected chi connectivity index (χ1v) is 6.68. The number of rotatable bonds is 4. The van der Waals surface area contributed by atoms with E-state index in [4.69, 9.17) is 0 Å². The summed E-state index contributed by atoms with van der Waals surface area (Å²) in [7, 11) is 0. The standard InChI is InChI=1S/C11H15BrOS/c1-8-3-4-11(9(2)5-8)14-7-10(13)6-12/h3-5,10,13H,6-7H2,1-2H3. The average molecular weight is 275 g/mol. The quantitative estimate of drug-likeness (QED) is 0.673. The first-order chi connectivity index (χ1) is 6.63. The first-order valence-electron chi connectivity index (χ1n) is 4.57. The number of aryl methyl sites for hydroxylation is 2. The number of hydrogen-bond donors (Lipinski definition) is 1. The van der Waals surface area contributed by atoms with Gasteiger partial charge in [-0.05, 0) is 25.5 Å². The van der Waals surface area contributed by atoms with Crippen LogP contribution in [0.15, 0.2) is 23.1 Å². The van der Waals surface area contributed by atoms with E-state index in [0.717, 1.165) is 5.75 Å². The van der Waals surface area contributed by atoms with Crippen molar-refractivity contribution in [3.05, 3.63) is 29.3 Å². The molecule has 1 aromatic rings. The lowest BCUT2D eigenvalue weighted by Gasteiger charge is -2.09. The van der Waals surface area contributed by atoms with Crippen LogP contribution in [-0.2, 0) is 0 Å². The Kier molecular flexibility index (Phi) is 4.99. The van der Waals surface area contributed by atoms with E-state index in [0.29, 0.717) is 5.33 Å². The molecule has 0 radical (unpaired) electrons. The summed E-state index contributed by atoms with van der Waals surface area (Å²) in [4.78, 5) is 1.26. The van der Waals surface area contributed by atoms with Gasteiger partial charge in [-0.15, -0.1) is 11.8 Å². The summed E-state index contributed by atoms with van der Waals surface area (Å²) in [6.45, 7) is 4.20. The molecule has 0 heterocycles. The van der Waals surface area contributed by atoms with Gasteiger partial charge in [0.15, 0.2) is 0 Å². The van der Waals surface area contributed by atoms with Crippen LogP contribution in [0.25, 0.3) is 0 Å². The summed E-state index contributed by atoms with van der Waals surface area (Å²) < 4.78 is 0. The third-order valence-electron chi connectivity index (χ3n) is 1.94. The lowest BCUT2D eigenvalue weighted by molar-refractivity contribution is 0.226. The molecule has 1 nitrogen and oxygen atoms in total. The third-order valence-corrected chi connectivity index (χ3v) is 4.01. The van der Waals surface area contributed by atoms with E-state index >= 15 is 0 Å². The molecule has 0 aromatic heterocycles. The van der Waals surface area contributed by atoms with E-state index in [1.165, 1.54) is 16.0 Å². The molecule has 0 aliphatic heterocycles. The Bertz CT molecular complexity index is 301. The molecule has 0 amide bonds. The first kappa shape index (κ1) is 12.1. The second-order valence-corrected chi connectivity index (χ2v) is 5.10. The molecule has 1 unspecified atom stereocenters. The number of halogens is 1. The van der Waals surface area contributed by atoms with Crippen molar-refractivity contribution in [1.82, 2.24) is 0 Å². The monoisotopic (exact) mass is 274 g/mol. The Balaban J connectivity index is 2.59. The Morgan fingerprint density at radius 1 is 1.43 bits per heavy atom. The molecule has 1 N–H and O–H groups in total. The molecule has 1 rings (SSSR count). The van der Waals surface area contributed by atoms with Gasteiger partial charge < -0.3 is 5.11 Å².